The summed E-state index contributed by atoms with van der Waals surface area (Å²) in [6, 6.07) is 20.6. The van der Waals surface area contributed by atoms with E-state index in [2.05, 4.69) is 11.3 Å². The standard InChI is InChI=1S/C23H21N3O3/c1-17-20(24-23-9-5-6-14-25(17)23)12-10-18-11-13-21(26(27)28)22(15-18)29-16-19-7-3-2-4-8-19/h2-9,11,13-15H,10,12,16H2,1H3. The van der Waals surface area contributed by atoms with Crippen LogP contribution in [0.5, 0.6) is 5.75 Å². The third-order valence-electron chi connectivity index (χ3n) is 4.98. The number of ether oxygens (including phenoxy) is 1. The maximum Gasteiger partial charge on any atom is 0.310 e. The molecule has 0 spiro atoms. The molecule has 6 heteroatoms. The van der Waals surface area contributed by atoms with Gasteiger partial charge in [-0.15, -0.1) is 0 Å². The molecule has 2 heterocycles. The lowest BCUT2D eigenvalue weighted by atomic mass is 10.1. The normalized spacial score (nSPS) is 10.9. The van der Waals surface area contributed by atoms with Gasteiger partial charge in [-0.3, -0.25) is 10.1 Å². The number of aromatic nitrogens is 2. The molecular formula is C23H21N3O3. The van der Waals surface area contributed by atoms with Crippen molar-refractivity contribution in [2.45, 2.75) is 26.4 Å². The molecule has 0 fully saturated rings. The molecule has 0 aliphatic carbocycles. The number of fused-ring (bicyclic) bond motifs is 1. The molecule has 0 N–H and O–H groups in total. The summed E-state index contributed by atoms with van der Waals surface area (Å²) in [5.41, 5.74) is 5.00. The quantitative estimate of drug-likeness (QED) is 0.333. The Morgan fingerprint density at radius 1 is 1.00 bits per heavy atom. The fraction of sp³-hybridized carbons (Fsp3) is 0.174. The van der Waals surface area contributed by atoms with E-state index in [4.69, 9.17) is 9.72 Å². The first kappa shape index (κ1) is 18.7. The predicted octanol–water partition coefficient (Wildman–Crippen LogP) is 4.92. The molecule has 146 valence electrons. The minimum absolute atomic E-state index is 0.0198. The SMILES string of the molecule is Cc1c(CCc2ccc([N+](=O)[O-])c(OCc3ccccc3)c2)nc2ccccn12. The van der Waals surface area contributed by atoms with Crippen molar-refractivity contribution in [1.29, 1.82) is 0 Å². The largest absolute Gasteiger partial charge is 0.482 e. The maximum absolute atomic E-state index is 11.4. The summed E-state index contributed by atoms with van der Waals surface area (Å²) in [6.07, 6.45) is 3.48. The number of nitro groups is 1. The number of pyridine rings is 1. The second-order valence-corrected chi connectivity index (χ2v) is 6.91. The van der Waals surface area contributed by atoms with Gasteiger partial charge < -0.3 is 9.14 Å². The van der Waals surface area contributed by atoms with Crippen LogP contribution < -0.4 is 4.74 Å². The average Bonchev–Trinajstić information content (AvgIpc) is 3.07. The molecule has 2 aromatic heterocycles. The first-order chi connectivity index (χ1) is 14.1. The van der Waals surface area contributed by atoms with Crippen molar-refractivity contribution in [2.24, 2.45) is 0 Å². The molecule has 0 atom stereocenters. The van der Waals surface area contributed by atoms with Gasteiger partial charge in [-0.25, -0.2) is 4.98 Å². The van der Waals surface area contributed by atoms with Crippen LogP contribution in [0.1, 0.15) is 22.5 Å². The van der Waals surface area contributed by atoms with Crippen LogP contribution in [0.25, 0.3) is 5.65 Å². The molecule has 0 aliphatic rings. The van der Waals surface area contributed by atoms with Crippen molar-refractivity contribution in [3.8, 4) is 5.75 Å². The topological polar surface area (TPSA) is 69.7 Å². The Hall–Kier alpha value is -3.67. The van der Waals surface area contributed by atoms with Crippen LogP contribution in [-0.2, 0) is 19.4 Å². The van der Waals surface area contributed by atoms with Crippen LogP contribution in [0, 0.1) is 17.0 Å². The number of hydrogen-bond acceptors (Lipinski definition) is 4. The van der Waals surface area contributed by atoms with E-state index in [1.54, 1.807) is 12.1 Å². The van der Waals surface area contributed by atoms with E-state index in [1.165, 1.54) is 6.07 Å². The Morgan fingerprint density at radius 2 is 1.79 bits per heavy atom. The second kappa shape index (κ2) is 8.14. The number of rotatable bonds is 7. The third-order valence-corrected chi connectivity index (χ3v) is 4.98. The zero-order valence-corrected chi connectivity index (χ0v) is 16.1. The monoisotopic (exact) mass is 387 g/mol. The molecule has 0 aliphatic heterocycles. The molecule has 0 bridgehead atoms. The molecule has 0 saturated carbocycles. The summed E-state index contributed by atoms with van der Waals surface area (Å²) in [5.74, 6) is 0.295. The molecule has 29 heavy (non-hydrogen) atoms. The van der Waals surface area contributed by atoms with Gasteiger partial charge >= 0.3 is 5.69 Å². The first-order valence-electron chi connectivity index (χ1n) is 9.48. The van der Waals surface area contributed by atoms with Gasteiger partial charge in [0.15, 0.2) is 5.75 Å². The lowest BCUT2D eigenvalue weighted by molar-refractivity contribution is -0.386. The lowest BCUT2D eigenvalue weighted by Crippen LogP contribution is -2.01. The molecular weight excluding hydrogens is 366 g/mol. The molecule has 2 aromatic carbocycles. The minimum Gasteiger partial charge on any atom is -0.482 e. The van der Waals surface area contributed by atoms with Crippen molar-refractivity contribution < 1.29 is 9.66 Å². The molecule has 4 rings (SSSR count). The number of hydrogen-bond donors (Lipinski definition) is 0. The Kier molecular flexibility index (Phi) is 5.24. The van der Waals surface area contributed by atoms with Gasteiger partial charge in [0.05, 0.1) is 10.6 Å². The highest BCUT2D eigenvalue weighted by Gasteiger charge is 2.16. The van der Waals surface area contributed by atoms with Gasteiger partial charge in [0.25, 0.3) is 0 Å². The summed E-state index contributed by atoms with van der Waals surface area (Å²) in [7, 11) is 0. The van der Waals surface area contributed by atoms with Crippen LogP contribution >= 0.6 is 0 Å². The van der Waals surface area contributed by atoms with Crippen LogP contribution in [0.15, 0.2) is 72.9 Å². The number of nitrogens with zero attached hydrogens (tertiary/aromatic N) is 3. The smallest absolute Gasteiger partial charge is 0.310 e. The van der Waals surface area contributed by atoms with Gasteiger partial charge in [-0.1, -0.05) is 42.5 Å². The van der Waals surface area contributed by atoms with E-state index in [-0.39, 0.29) is 12.3 Å². The molecule has 6 nitrogen and oxygen atoms in total. The van der Waals surface area contributed by atoms with E-state index < -0.39 is 4.92 Å². The van der Waals surface area contributed by atoms with E-state index in [1.807, 2.05) is 54.7 Å². The van der Waals surface area contributed by atoms with Crippen LogP contribution in [0.4, 0.5) is 5.69 Å². The van der Waals surface area contributed by atoms with E-state index in [0.717, 1.165) is 41.0 Å². The highest BCUT2D eigenvalue weighted by Crippen LogP contribution is 2.29. The van der Waals surface area contributed by atoms with Gasteiger partial charge in [0, 0.05) is 18.0 Å². The number of imidazole rings is 1. The molecule has 0 unspecified atom stereocenters. The van der Waals surface area contributed by atoms with Crippen LogP contribution in [0.2, 0.25) is 0 Å². The van der Waals surface area contributed by atoms with E-state index in [9.17, 15) is 10.1 Å². The first-order valence-corrected chi connectivity index (χ1v) is 9.48. The highest BCUT2D eigenvalue weighted by molar-refractivity contribution is 5.49. The van der Waals surface area contributed by atoms with Crippen molar-refractivity contribution in [2.75, 3.05) is 0 Å². The minimum atomic E-state index is -0.406. The van der Waals surface area contributed by atoms with E-state index in [0.29, 0.717) is 5.75 Å². The summed E-state index contributed by atoms with van der Waals surface area (Å²) < 4.78 is 7.86. The van der Waals surface area contributed by atoms with Gasteiger partial charge in [-0.2, -0.15) is 0 Å². The fourth-order valence-electron chi connectivity index (χ4n) is 3.38. The summed E-state index contributed by atoms with van der Waals surface area (Å²) in [4.78, 5) is 15.7. The van der Waals surface area contributed by atoms with Crippen molar-refractivity contribution in [3.05, 3.63) is 106 Å². The zero-order chi connectivity index (χ0) is 20.2. The van der Waals surface area contributed by atoms with Gasteiger partial charge in [-0.05, 0) is 49.1 Å². The zero-order valence-electron chi connectivity index (χ0n) is 16.1. The van der Waals surface area contributed by atoms with Crippen LogP contribution in [-0.4, -0.2) is 14.3 Å². The Balaban J connectivity index is 1.52. The second-order valence-electron chi connectivity index (χ2n) is 6.91. The average molecular weight is 387 g/mol. The lowest BCUT2D eigenvalue weighted by Gasteiger charge is -2.09. The Morgan fingerprint density at radius 3 is 2.55 bits per heavy atom. The van der Waals surface area contributed by atoms with E-state index >= 15 is 0 Å². The maximum atomic E-state index is 11.4. The number of benzene rings is 2. The molecule has 4 aromatic rings. The van der Waals surface area contributed by atoms with Crippen molar-refractivity contribution in [1.82, 2.24) is 9.38 Å². The Bertz CT molecular complexity index is 1150. The molecule has 0 radical (unpaired) electrons. The summed E-state index contributed by atoms with van der Waals surface area (Å²) >= 11 is 0. The van der Waals surface area contributed by atoms with Gasteiger partial charge in [0.2, 0.25) is 0 Å². The van der Waals surface area contributed by atoms with Crippen molar-refractivity contribution >= 4 is 11.3 Å². The van der Waals surface area contributed by atoms with Gasteiger partial charge in [0.1, 0.15) is 12.3 Å². The fourth-order valence-corrected chi connectivity index (χ4v) is 3.38. The summed E-state index contributed by atoms with van der Waals surface area (Å²) in [5, 5.41) is 11.4. The van der Waals surface area contributed by atoms with Crippen molar-refractivity contribution in [3.63, 3.8) is 0 Å². The molecule has 0 saturated heterocycles. The number of nitro benzene ring substituents is 1. The molecule has 0 amide bonds. The predicted molar refractivity (Wildman–Crippen MR) is 111 cm³/mol. The third kappa shape index (κ3) is 4.11. The Labute approximate surface area is 168 Å². The van der Waals surface area contributed by atoms with Crippen LogP contribution in [0.3, 0.4) is 0 Å². The highest BCUT2D eigenvalue weighted by atomic mass is 16.6. The summed E-state index contributed by atoms with van der Waals surface area (Å²) in [6.45, 7) is 2.34. The number of aryl methyl sites for hydroxylation is 3.